The molecule has 0 spiro atoms. The van der Waals surface area contributed by atoms with E-state index in [-0.39, 0.29) is 5.91 Å². The summed E-state index contributed by atoms with van der Waals surface area (Å²) in [5, 5.41) is 0.474. The summed E-state index contributed by atoms with van der Waals surface area (Å²) in [7, 11) is 1.67. The Bertz CT molecular complexity index is 746. The fourth-order valence-electron chi connectivity index (χ4n) is 2.87. The standard InChI is InChI=1S/C18H18BrClN2O2/c1-24-17-5-3-2-4-16(17)21-8-10-22(11-9-21)18(23)14-7-6-13(19)12-15(14)20/h2-7,12H,8-11H2,1H3. The van der Waals surface area contributed by atoms with Gasteiger partial charge in [-0.25, -0.2) is 0 Å². The highest BCUT2D eigenvalue weighted by molar-refractivity contribution is 9.10. The van der Waals surface area contributed by atoms with Crippen LogP contribution in [-0.2, 0) is 0 Å². The van der Waals surface area contributed by atoms with Crippen LogP contribution in [0.2, 0.25) is 5.02 Å². The topological polar surface area (TPSA) is 32.8 Å². The molecular formula is C18H18BrClN2O2. The van der Waals surface area contributed by atoms with Crippen LogP contribution < -0.4 is 9.64 Å². The average Bonchev–Trinajstić information content (AvgIpc) is 2.61. The zero-order valence-corrected chi connectivity index (χ0v) is 15.7. The summed E-state index contributed by atoms with van der Waals surface area (Å²) >= 11 is 9.56. The van der Waals surface area contributed by atoms with Crippen LogP contribution >= 0.6 is 27.5 Å². The Morgan fingerprint density at radius 3 is 2.50 bits per heavy atom. The number of halogens is 2. The van der Waals surface area contributed by atoms with Crippen molar-refractivity contribution >= 4 is 39.1 Å². The van der Waals surface area contributed by atoms with Gasteiger partial charge < -0.3 is 14.5 Å². The number of para-hydroxylation sites is 2. The van der Waals surface area contributed by atoms with E-state index in [1.165, 1.54) is 0 Å². The summed E-state index contributed by atoms with van der Waals surface area (Å²) in [6.07, 6.45) is 0. The first kappa shape index (κ1) is 17.1. The lowest BCUT2D eigenvalue weighted by atomic mass is 10.1. The van der Waals surface area contributed by atoms with Gasteiger partial charge in [0, 0.05) is 30.7 Å². The SMILES string of the molecule is COc1ccccc1N1CCN(C(=O)c2ccc(Br)cc2Cl)CC1. The Kier molecular flexibility index (Phi) is 5.31. The fraction of sp³-hybridized carbons (Fsp3) is 0.278. The van der Waals surface area contributed by atoms with Gasteiger partial charge in [-0.1, -0.05) is 39.7 Å². The zero-order valence-electron chi connectivity index (χ0n) is 13.3. The summed E-state index contributed by atoms with van der Waals surface area (Å²) in [6, 6.07) is 13.3. The molecule has 0 aliphatic carbocycles. The second kappa shape index (κ2) is 7.45. The third kappa shape index (κ3) is 3.52. The van der Waals surface area contributed by atoms with Crippen LogP contribution in [-0.4, -0.2) is 44.1 Å². The summed E-state index contributed by atoms with van der Waals surface area (Å²) in [5.41, 5.74) is 1.61. The van der Waals surface area contributed by atoms with Gasteiger partial charge in [0.15, 0.2) is 0 Å². The Morgan fingerprint density at radius 2 is 1.83 bits per heavy atom. The number of carbonyl (C=O) groups is 1. The number of nitrogens with zero attached hydrogens (tertiary/aromatic N) is 2. The van der Waals surface area contributed by atoms with Crippen LogP contribution in [0.3, 0.4) is 0 Å². The normalized spacial score (nSPS) is 14.6. The summed E-state index contributed by atoms with van der Waals surface area (Å²) in [5.74, 6) is 0.834. The third-order valence-electron chi connectivity index (χ3n) is 4.15. The number of rotatable bonds is 3. The first-order valence-corrected chi connectivity index (χ1v) is 8.89. The molecule has 0 radical (unpaired) electrons. The molecule has 4 nitrogen and oxygen atoms in total. The minimum Gasteiger partial charge on any atom is -0.495 e. The number of amides is 1. The molecule has 1 fully saturated rings. The molecule has 6 heteroatoms. The van der Waals surface area contributed by atoms with Crippen molar-refractivity contribution in [1.82, 2.24) is 4.90 Å². The Balaban J connectivity index is 1.69. The van der Waals surface area contributed by atoms with Crippen molar-refractivity contribution in [2.75, 3.05) is 38.2 Å². The molecule has 0 bridgehead atoms. The van der Waals surface area contributed by atoms with Crippen molar-refractivity contribution in [3.05, 3.63) is 57.5 Å². The molecule has 24 heavy (non-hydrogen) atoms. The average molecular weight is 410 g/mol. The second-order valence-electron chi connectivity index (χ2n) is 5.58. The monoisotopic (exact) mass is 408 g/mol. The number of hydrogen-bond acceptors (Lipinski definition) is 3. The number of hydrogen-bond donors (Lipinski definition) is 0. The van der Waals surface area contributed by atoms with Crippen molar-refractivity contribution in [2.24, 2.45) is 0 Å². The number of piperazine rings is 1. The lowest BCUT2D eigenvalue weighted by molar-refractivity contribution is 0.0747. The summed E-state index contributed by atoms with van der Waals surface area (Å²) in [6.45, 7) is 2.84. The lowest BCUT2D eigenvalue weighted by Gasteiger charge is -2.36. The quantitative estimate of drug-likeness (QED) is 0.766. The maximum atomic E-state index is 12.7. The van der Waals surface area contributed by atoms with Gasteiger partial charge in [-0.3, -0.25) is 4.79 Å². The van der Waals surface area contributed by atoms with Gasteiger partial charge in [-0.05, 0) is 30.3 Å². The molecule has 1 amide bonds. The zero-order chi connectivity index (χ0) is 17.1. The minimum absolute atomic E-state index is 0.0211. The van der Waals surface area contributed by atoms with Gasteiger partial charge in [0.05, 0.1) is 23.4 Å². The molecule has 2 aromatic rings. The largest absolute Gasteiger partial charge is 0.495 e. The lowest BCUT2D eigenvalue weighted by Crippen LogP contribution is -2.49. The van der Waals surface area contributed by atoms with E-state index in [0.29, 0.717) is 23.7 Å². The number of anilines is 1. The van der Waals surface area contributed by atoms with Gasteiger partial charge in [0.1, 0.15) is 5.75 Å². The predicted molar refractivity (Wildman–Crippen MR) is 100 cm³/mol. The van der Waals surface area contributed by atoms with Crippen molar-refractivity contribution in [3.63, 3.8) is 0 Å². The molecule has 1 aliphatic rings. The van der Waals surface area contributed by atoms with E-state index in [4.69, 9.17) is 16.3 Å². The smallest absolute Gasteiger partial charge is 0.255 e. The number of methoxy groups -OCH3 is 1. The van der Waals surface area contributed by atoms with Crippen molar-refractivity contribution < 1.29 is 9.53 Å². The van der Waals surface area contributed by atoms with Crippen LogP contribution in [0, 0.1) is 0 Å². The molecule has 0 unspecified atom stereocenters. The highest BCUT2D eigenvalue weighted by Gasteiger charge is 2.24. The molecule has 0 saturated carbocycles. The molecule has 0 atom stereocenters. The van der Waals surface area contributed by atoms with Crippen molar-refractivity contribution in [3.8, 4) is 5.75 Å². The molecule has 126 valence electrons. The maximum absolute atomic E-state index is 12.7. The first-order valence-electron chi connectivity index (χ1n) is 7.72. The Labute approximate surface area is 155 Å². The molecule has 3 rings (SSSR count). The van der Waals surface area contributed by atoms with Gasteiger partial charge >= 0.3 is 0 Å². The van der Waals surface area contributed by atoms with Crippen LogP contribution in [0.4, 0.5) is 5.69 Å². The van der Waals surface area contributed by atoms with Gasteiger partial charge in [-0.15, -0.1) is 0 Å². The summed E-state index contributed by atoms with van der Waals surface area (Å²) in [4.78, 5) is 16.8. The molecule has 0 N–H and O–H groups in total. The predicted octanol–water partition coefficient (Wildman–Crippen LogP) is 4.07. The van der Waals surface area contributed by atoms with Crippen LogP contribution in [0.1, 0.15) is 10.4 Å². The molecule has 1 aliphatic heterocycles. The van der Waals surface area contributed by atoms with Crippen LogP contribution in [0.5, 0.6) is 5.75 Å². The van der Waals surface area contributed by atoms with Gasteiger partial charge in [0.2, 0.25) is 0 Å². The fourth-order valence-corrected chi connectivity index (χ4v) is 3.63. The van der Waals surface area contributed by atoms with E-state index in [1.807, 2.05) is 35.2 Å². The molecular weight excluding hydrogens is 392 g/mol. The molecule has 1 saturated heterocycles. The van der Waals surface area contributed by atoms with Crippen LogP contribution in [0.15, 0.2) is 46.9 Å². The first-order chi connectivity index (χ1) is 11.6. The van der Waals surface area contributed by atoms with Crippen molar-refractivity contribution in [2.45, 2.75) is 0 Å². The Morgan fingerprint density at radius 1 is 1.12 bits per heavy atom. The Hall–Kier alpha value is -1.72. The van der Waals surface area contributed by atoms with Crippen molar-refractivity contribution in [1.29, 1.82) is 0 Å². The van der Waals surface area contributed by atoms with E-state index in [0.717, 1.165) is 29.0 Å². The molecule has 2 aromatic carbocycles. The maximum Gasteiger partial charge on any atom is 0.255 e. The van der Waals surface area contributed by atoms with E-state index >= 15 is 0 Å². The second-order valence-corrected chi connectivity index (χ2v) is 6.90. The highest BCUT2D eigenvalue weighted by Crippen LogP contribution is 2.29. The molecule has 1 heterocycles. The third-order valence-corrected chi connectivity index (χ3v) is 4.96. The van der Waals surface area contributed by atoms with Gasteiger partial charge in [-0.2, -0.15) is 0 Å². The minimum atomic E-state index is -0.0211. The van der Waals surface area contributed by atoms with Gasteiger partial charge in [0.25, 0.3) is 5.91 Å². The summed E-state index contributed by atoms with van der Waals surface area (Å²) < 4.78 is 6.29. The number of benzene rings is 2. The number of carbonyl (C=O) groups excluding carboxylic acids is 1. The highest BCUT2D eigenvalue weighted by atomic mass is 79.9. The number of ether oxygens (including phenoxy) is 1. The molecule has 0 aromatic heterocycles. The van der Waals surface area contributed by atoms with Crippen LogP contribution in [0.25, 0.3) is 0 Å². The van der Waals surface area contributed by atoms with E-state index < -0.39 is 0 Å². The van der Waals surface area contributed by atoms with E-state index in [1.54, 1.807) is 19.2 Å². The van der Waals surface area contributed by atoms with E-state index in [2.05, 4.69) is 20.8 Å². The van der Waals surface area contributed by atoms with E-state index in [9.17, 15) is 4.79 Å².